The van der Waals surface area contributed by atoms with Gasteiger partial charge in [-0.2, -0.15) is 0 Å². The summed E-state index contributed by atoms with van der Waals surface area (Å²) in [7, 11) is 3.19. The Hall–Kier alpha value is -1.26. The zero-order chi connectivity index (χ0) is 12.9. The van der Waals surface area contributed by atoms with Crippen LogP contribution in [-0.2, 0) is 5.60 Å². The standard InChI is InChI=1S/C13H21NO3/c1-5-14-9-13(2,15)11-7-6-10(16-3)8-12(11)17-4/h6-8,14-15H,5,9H2,1-4H3. The minimum Gasteiger partial charge on any atom is -0.497 e. The lowest BCUT2D eigenvalue weighted by Gasteiger charge is -2.26. The number of hydrogen-bond acceptors (Lipinski definition) is 4. The average Bonchev–Trinajstić information content (AvgIpc) is 2.35. The van der Waals surface area contributed by atoms with Gasteiger partial charge in [-0.15, -0.1) is 0 Å². The van der Waals surface area contributed by atoms with E-state index in [0.29, 0.717) is 18.0 Å². The van der Waals surface area contributed by atoms with E-state index >= 15 is 0 Å². The Morgan fingerprint density at radius 3 is 2.53 bits per heavy atom. The summed E-state index contributed by atoms with van der Waals surface area (Å²) in [5.41, 5.74) is -0.213. The van der Waals surface area contributed by atoms with E-state index in [9.17, 15) is 5.11 Å². The molecule has 0 heterocycles. The highest BCUT2D eigenvalue weighted by Crippen LogP contribution is 2.32. The molecule has 96 valence electrons. The molecule has 0 aliphatic heterocycles. The Balaban J connectivity index is 3.03. The van der Waals surface area contributed by atoms with E-state index in [4.69, 9.17) is 9.47 Å². The quantitative estimate of drug-likeness (QED) is 0.790. The van der Waals surface area contributed by atoms with E-state index in [-0.39, 0.29) is 0 Å². The van der Waals surface area contributed by atoms with Gasteiger partial charge in [-0.1, -0.05) is 6.92 Å². The van der Waals surface area contributed by atoms with Gasteiger partial charge < -0.3 is 19.9 Å². The summed E-state index contributed by atoms with van der Waals surface area (Å²) in [6.07, 6.45) is 0. The van der Waals surface area contributed by atoms with Crippen molar-refractivity contribution in [1.29, 1.82) is 0 Å². The van der Waals surface area contributed by atoms with Gasteiger partial charge in [0, 0.05) is 18.2 Å². The molecular weight excluding hydrogens is 218 g/mol. The fraction of sp³-hybridized carbons (Fsp3) is 0.538. The lowest BCUT2D eigenvalue weighted by Crippen LogP contribution is -2.35. The van der Waals surface area contributed by atoms with Gasteiger partial charge in [0.1, 0.15) is 17.1 Å². The van der Waals surface area contributed by atoms with Crippen LogP contribution in [0.15, 0.2) is 18.2 Å². The van der Waals surface area contributed by atoms with Crippen molar-refractivity contribution in [2.75, 3.05) is 27.3 Å². The first kappa shape index (κ1) is 13.8. The lowest BCUT2D eigenvalue weighted by atomic mass is 9.94. The summed E-state index contributed by atoms with van der Waals surface area (Å²) in [5.74, 6) is 1.34. The summed E-state index contributed by atoms with van der Waals surface area (Å²) in [6, 6.07) is 5.42. The Labute approximate surface area is 103 Å². The molecule has 0 aliphatic carbocycles. The van der Waals surface area contributed by atoms with Crippen LogP contribution in [0.4, 0.5) is 0 Å². The smallest absolute Gasteiger partial charge is 0.128 e. The predicted molar refractivity (Wildman–Crippen MR) is 67.7 cm³/mol. The zero-order valence-electron chi connectivity index (χ0n) is 10.9. The molecule has 0 saturated heterocycles. The van der Waals surface area contributed by atoms with Crippen LogP contribution in [0.5, 0.6) is 11.5 Å². The van der Waals surface area contributed by atoms with Crippen molar-refractivity contribution in [2.24, 2.45) is 0 Å². The van der Waals surface area contributed by atoms with E-state index in [1.807, 2.05) is 19.1 Å². The number of rotatable bonds is 6. The maximum atomic E-state index is 10.4. The average molecular weight is 239 g/mol. The number of likely N-dealkylation sites (N-methyl/N-ethyl adjacent to an activating group) is 1. The molecule has 0 aliphatic rings. The molecule has 0 spiro atoms. The molecule has 0 radical (unpaired) electrons. The second-order valence-electron chi connectivity index (χ2n) is 4.12. The molecule has 2 N–H and O–H groups in total. The molecule has 0 saturated carbocycles. The fourth-order valence-corrected chi connectivity index (χ4v) is 1.71. The molecule has 0 aromatic heterocycles. The van der Waals surface area contributed by atoms with E-state index in [1.54, 1.807) is 27.2 Å². The maximum Gasteiger partial charge on any atom is 0.128 e. The summed E-state index contributed by atoms with van der Waals surface area (Å²) in [6.45, 7) is 5.06. The van der Waals surface area contributed by atoms with Crippen molar-refractivity contribution in [3.8, 4) is 11.5 Å². The highest BCUT2D eigenvalue weighted by atomic mass is 16.5. The second-order valence-corrected chi connectivity index (χ2v) is 4.12. The number of methoxy groups -OCH3 is 2. The summed E-state index contributed by atoms with van der Waals surface area (Å²) < 4.78 is 10.4. The molecule has 0 bridgehead atoms. The summed E-state index contributed by atoms with van der Waals surface area (Å²) in [4.78, 5) is 0. The number of benzene rings is 1. The highest BCUT2D eigenvalue weighted by Gasteiger charge is 2.26. The van der Waals surface area contributed by atoms with Crippen molar-refractivity contribution in [3.05, 3.63) is 23.8 Å². The third-order valence-electron chi connectivity index (χ3n) is 2.71. The van der Waals surface area contributed by atoms with E-state index in [0.717, 1.165) is 12.1 Å². The van der Waals surface area contributed by atoms with Crippen LogP contribution in [0.2, 0.25) is 0 Å². The first-order valence-electron chi connectivity index (χ1n) is 5.70. The zero-order valence-corrected chi connectivity index (χ0v) is 10.9. The predicted octanol–water partition coefficient (Wildman–Crippen LogP) is 1.52. The second kappa shape index (κ2) is 5.89. The van der Waals surface area contributed by atoms with Crippen molar-refractivity contribution in [1.82, 2.24) is 5.32 Å². The lowest BCUT2D eigenvalue weighted by molar-refractivity contribution is 0.0549. The molecule has 4 nitrogen and oxygen atoms in total. The Bertz CT molecular complexity index is 364. The first-order chi connectivity index (χ1) is 8.05. The Morgan fingerprint density at radius 2 is 2.00 bits per heavy atom. The van der Waals surface area contributed by atoms with Gasteiger partial charge in [0.15, 0.2) is 0 Å². The third-order valence-corrected chi connectivity index (χ3v) is 2.71. The van der Waals surface area contributed by atoms with Crippen LogP contribution in [0.25, 0.3) is 0 Å². The van der Waals surface area contributed by atoms with Crippen molar-refractivity contribution in [3.63, 3.8) is 0 Å². The number of aliphatic hydroxyl groups is 1. The summed E-state index contributed by atoms with van der Waals surface area (Å²) in [5, 5.41) is 13.5. The van der Waals surface area contributed by atoms with E-state index < -0.39 is 5.60 Å². The minimum absolute atomic E-state index is 0.478. The number of ether oxygens (including phenoxy) is 2. The van der Waals surface area contributed by atoms with Gasteiger partial charge in [0.05, 0.1) is 14.2 Å². The Morgan fingerprint density at radius 1 is 1.29 bits per heavy atom. The van der Waals surface area contributed by atoms with Crippen LogP contribution >= 0.6 is 0 Å². The SMILES string of the molecule is CCNCC(C)(O)c1ccc(OC)cc1OC. The van der Waals surface area contributed by atoms with Crippen LogP contribution in [0, 0.1) is 0 Å². The molecule has 17 heavy (non-hydrogen) atoms. The van der Waals surface area contributed by atoms with Crippen LogP contribution in [0.3, 0.4) is 0 Å². The van der Waals surface area contributed by atoms with Crippen LogP contribution in [0.1, 0.15) is 19.4 Å². The normalized spacial score (nSPS) is 14.2. The minimum atomic E-state index is -0.965. The largest absolute Gasteiger partial charge is 0.497 e. The molecule has 0 amide bonds. The highest BCUT2D eigenvalue weighted by molar-refractivity contribution is 5.43. The van der Waals surface area contributed by atoms with Crippen molar-refractivity contribution >= 4 is 0 Å². The van der Waals surface area contributed by atoms with Gasteiger partial charge in [-0.05, 0) is 25.6 Å². The topological polar surface area (TPSA) is 50.7 Å². The monoisotopic (exact) mass is 239 g/mol. The van der Waals surface area contributed by atoms with Gasteiger partial charge in [0.2, 0.25) is 0 Å². The van der Waals surface area contributed by atoms with Gasteiger partial charge in [-0.25, -0.2) is 0 Å². The van der Waals surface area contributed by atoms with Crippen molar-refractivity contribution in [2.45, 2.75) is 19.4 Å². The molecule has 0 fully saturated rings. The van der Waals surface area contributed by atoms with Gasteiger partial charge >= 0.3 is 0 Å². The van der Waals surface area contributed by atoms with Crippen LogP contribution < -0.4 is 14.8 Å². The molecule has 4 heteroatoms. The summed E-state index contributed by atoms with van der Waals surface area (Å²) >= 11 is 0. The van der Waals surface area contributed by atoms with E-state index in [2.05, 4.69) is 5.32 Å². The maximum absolute atomic E-state index is 10.4. The molecule has 1 aromatic rings. The number of hydrogen-bond donors (Lipinski definition) is 2. The van der Waals surface area contributed by atoms with Crippen LogP contribution in [-0.4, -0.2) is 32.4 Å². The van der Waals surface area contributed by atoms with Gasteiger partial charge in [0.25, 0.3) is 0 Å². The first-order valence-corrected chi connectivity index (χ1v) is 5.70. The molecule has 1 rings (SSSR count). The van der Waals surface area contributed by atoms with Crippen molar-refractivity contribution < 1.29 is 14.6 Å². The third kappa shape index (κ3) is 3.35. The van der Waals surface area contributed by atoms with Gasteiger partial charge in [-0.3, -0.25) is 0 Å². The molecule has 1 unspecified atom stereocenters. The molecule has 1 atom stereocenters. The van der Waals surface area contributed by atoms with E-state index in [1.165, 1.54) is 0 Å². The Kier molecular flexibility index (Phi) is 4.78. The molecular formula is C13H21NO3. The number of nitrogens with one attached hydrogen (secondary N) is 1. The molecule has 1 aromatic carbocycles. The fourth-order valence-electron chi connectivity index (χ4n) is 1.71.